The number of esters is 1. The second kappa shape index (κ2) is 5.50. The fraction of sp³-hybridized carbons (Fsp3) is 0.692. The second-order valence-corrected chi connectivity index (χ2v) is 5.13. The summed E-state index contributed by atoms with van der Waals surface area (Å²) >= 11 is 0. The number of hydrogen-bond acceptors (Lipinski definition) is 5. The van der Waals surface area contributed by atoms with Crippen LogP contribution in [-0.2, 0) is 4.74 Å². The molecule has 106 valence electrons. The van der Waals surface area contributed by atoms with Crippen molar-refractivity contribution in [2.75, 3.05) is 24.7 Å². The van der Waals surface area contributed by atoms with E-state index in [0.29, 0.717) is 23.1 Å². The molecular weight excluding hydrogens is 244 g/mol. The highest BCUT2D eigenvalue weighted by Crippen LogP contribution is 2.31. The first-order valence-electron chi connectivity index (χ1n) is 6.78. The molecule has 0 aromatic carbocycles. The molecule has 1 aliphatic rings. The molecule has 1 aliphatic carbocycles. The van der Waals surface area contributed by atoms with Crippen LogP contribution in [0.15, 0.2) is 0 Å². The van der Waals surface area contributed by atoms with E-state index in [1.54, 1.807) is 4.68 Å². The number of carbonyl (C=O) groups is 1. The Morgan fingerprint density at radius 1 is 1.63 bits per heavy atom. The van der Waals surface area contributed by atoms with Crippen molar-refractivity contribution in [2.24, 2.45) is 5.92 Å². The van der Waals surface area contributed by atoms with Crippen LogP contribution in [0.3, 0.4) is 0 Å². The van der Waals surface area contributed by atoms with E-state index in [0.717, 1.165) is 13.0 Å². The van der Waals surface area contributed by atoms with Crippen molar-refractivity contribution in [3.63, 3.8) is 0 Å². The first-order valence-corrected chi connectivity index (χ1v) is 6.78. The van der Waals surface area contributed by atoms with Gasteiger partial charge in [0.05, 0.1) is 13.2 Å². The molecule has 0 amide bonds. The van der Waals surface area contributed by atoms with Gasteiger partial charge in [-0.25, -0.2) is 9.48 Å². The van der Waals surface area contributed by atoms with E-state index in [-0.39, 0.29) is 6.04 Å². The average molecular weight is 266 g/mol. The third-order valence-corrected chi connectivity index (χ3v) is 3.60. The minimum absolute atomic E-state index is 0.153. The zero-order valence-corrected chi connectivity index (χ0v) is 11.8. The highest BCUT2D eigenvalue weighted by molar-refractivity contribution is 5.99. The Kier molecular flexibility index (Phi) is 3.97. The summed E-state index contributed by atoms with van der Waals surface area (Å²) in [5.74, 6) is 1.17. The van der Waals surface area contributed by atoms with Crippen molar-refractivity contribution >= 4 is 17.6 Å². The number of methoxy groups -OCH3 is 1. The third-order valence-electron chi connectivity index (χ3n) is 3.60. The number of rotatable bonds is 6. The predicted molar refractivity (Wildman–Crippen MR) is 74.2 cm³/mol. The Morgan fingerprint density at radius 3 is 2.84 bits per heavy atom. The molecule has 1 saturated carbocycles. The van der Waals surface area contributed by atoms with Gasteiger partial charge in [0.15, 0.2) is 5.82 Å². The van der Waals surface area contributed by atoms with Crippen molar-refractivity contribution < 1.29 is 9.53 Å². The maximum atomic E-state index is 11.8. The van der Waals surface area contributed by atoms with Gasteiger partial charge in [0.2, 0.25) is 0 Å². The number of nitrogens with zero attached hydrogens (tertiary/aromatic N) is 2. The number of ether oxygens (including phenoxy) is 1. The largest absolute Gasteiger partial charge is 0.465 e. The highest BCUT2D eigenvalue weighted by Gasteiger charge is 2.27. The molecule has 0 saturated heterocycles. The Labute approximate surface area is 113 Å². The molecule has 1 fully saturated rings. The number of hydrogen-bond donors (Lipinski definition) is 2. The molecule has 1 unspecified atom stereocenters. The van der Waals surface area contributed by atoms with Gasteiger partial charge < -0.3 is 15.8 Å². The molecule has 1 aromatic heterocycles. The summed E-state index contributed by atoms with van der Waals surface area (Å²) in [6.45, 7) is 4.91. The van der Waals surface area contributed by atoms with E-state index in [1.165, 1.54) is 20.0 Å². The number of anilines is 2. The van der Waals surface area contributed by atoms with Crippen molar-refractivity contribution in [3.05, 3.63) is 5.56 Å². The van der Waals surface area contributed by atoms with E-state index in [9.17, 15) is 4.79 Å². The van der Waals surface area contributed by atoms with E-state index < -0.39 is 5.97 Å². The molecule has 3 N–H and O–H groups in total. The molecule has 6 nitrogen and oxygen atoms in total. The minimum Gasteiger partial charge on any atom is -0.465 e. The van der Waals surface area contributed by atoms with Crippen molar-refractivity contribution in [1.29, 1.82) is 0 Å². The molecule has 6 heteroatoms. The lowest BCUT2D eigenvalue weighted by molar-refractivity contribution is 0.0603. The van der Waals surface area contributed by atoms with Gasteiger partial charge in [-0.2, -0.15) is 5.10 Å². The Bertz CT molecular complexity index is 465. The molecule has 19 heavy (non-hydrogen) atoms. The van der Waals surface area contributed by atoms with E-state index in [4.69, 9.17) is 10.5 Å². The van der Waals surface area contributed by atoms with E-state index in [2.05, 4.69) is 17.3 Å². The monoisotopic (exact) mass is 266 g/mol. The second-order valence-electron chi connectivity index (χ2n) is 5.13. The van der Waals surface area contributed by atoms with Crippen LogP contribution in [0.25, 0.3) is 0 Å². The first-order chi connectivity index (χ1) is 9.08. The molecule has 0 bridgehead atoms. The number of nitrogens with one attached hydrogen (secondary N) is 1. The zero-order valence-electron chi connectivity index (χ0n) is 11.8. The number of carbonyl (C=O) groups excluding carboxylic acids is 1. The van der Waals surface area contributed by atoms with Gasteiger partial charge in [-0.05, 0) is 32.1 Å². The van der Waals surface area contributed by atoms with Crippen molar-refractivity contribution in [1.82, 2.24) is 9.78 Å². The summed E-state index contributed by atoms with van der Waals surface area (Å²) in [6.07, 6.45) is 3.37. The van der Waals surface area contributed by atoms with Crippen LogP contribution in [0.4, 0.5) is 11.6 Å². The van der Waals surface area contributed by atoms with Gasteiger partial charge in [-0.15, -0.1) is 0 Å². The molecule has 0 aliphatic heterocycles. The van der Waals surface area contributed by atoms with Crippen LogP contribution in [0.2, 0.25) is 0 Å². The van der Waals surface area contributed by atoms with Crippen LogP contribution in [0, 0.1) is 5.92 Å². The van der Waals surface area contributed by atoms with Gasteiger partial charge >= 0.3 is 5.97 Å². The quantitative estimate of drug-likeness (QED) is 0.770. The van der Waals surface area contributed by atoms with Crippen LogP contribution < -0.4 is 11.1 Å². The highest BCUT2D eigenvalue weighted by atomic mass is 16.5. The Morgan fingerprint density at radius 2 is 2.32 bits per heavy atom. The summed E-state index contributed by atoms with van der Waals surface area (Å²) in [5.41, 5.74) is 6.39. The fourth-order valence-corrected chi connectivity index (χ4v) is 1.95. The smallest absolute Gasteiger partial charge is 0.345 e. The summed E-state index contributed by atoms with van der Waals surface area (Å²) in [5, 5.41) is 7.65. The third kappa shape index (κ3) is 2.83. The summed E-state index contributed by atoms with van der Waals surface area (Å²) in [7, 11) is 1.35. The SMILES string of the molecule is CCC(C)n1nc(NCC2CC2)c(C(=O)OC)c1N. The topological polar surface area (TPSA) is 82.2 Å². The molecule has 0 spiro atoms. The minimum atomic E-state index is -0.439. The predicted octanol–water partition coefficient (Wildman–Crippen LogP) is 2.04. The van der Waals surface area contributed by atoms with Gasteiger partial charge in [-0.1, -0.05) is 6.92 Å². The van der Waals surface area contributed by atoms with E-state index in [1.807, 2.05) is 6.92 Å². The standard InChI is InChI=1S/C13H22N4O2/c1-4-8(2)17-11(14)10(13(18)19-3)12(16-17)15-7-9-5-6-9/h8-9H,4-7,14H2,1-3H3,(H,15,16). The van der Waals surface area contributed by atoms with Crippen molar-refractivity contribution in [3.8, 4) is 0 Å². The lowest BCUT2D eigenvalue weighted by Gasteiger charge is -2.10. The number of nitrogen functional groups attached to an aromatic ring is 1. The lowest BCUT2D eigenvalue weighted by Crippen LogP contribution is -2.11. The Hall–Kier alpha value is -1.72. The summed E-state index contributed by atoms with van der Waals surface area (Å²) < 4.78 is 6.49. The van der Waals surface area contributed by atoms with Crippen LogP contribution >= 0.6 is 0 Å². The molecule has 1 atom stereocenters. The maximum Gasteiger partial charge on any atom is 0.345 e. The average Bonchev–Trinajstić information content (AvgIpc) is 3.18. The number of nitrogens with two attached hydrogens (primary N) is 1. The molecule has 1 heterocycles. The molecule has 0 radical (unpaired) electrons. The molecule has 1 aromatic rings. The first kappa shape index (κ1) is 13.7. The van der Waals surface area contributed by atoms with Gasteiger partial charge in [0.1, 0.15) is 11.4 Å². The summed E-state index contributed by atoms with van der Waals surface area (Å²) in [6, 6.07) is 0.153. The van der Waals surface area contributed by atoms with E-state index >= 15 is 0 Å². The van der Waals surface area contributed by atoms with Gasteiger partial charge in [-0.3, -0.25) is 0 Å². The van der Waals surface area contributed by atoms with Crippen LogP contribution in [-0.4, -0.2) is 29.4 Å². The normalized spacial score (nSPS) is 16.2. The Balaban J connectivity index is 2.29. The summed E-state index contributed by atoms with van der Waals surface area (Å²) in [4.78, 5) is 11.8. The number of aromatic nitrogens is 2. The lowest BCUT2D eigenvalue weighted by atomic mass is 10.2. The fourth-order valence-electron chi connectivity index (χ4n) is 1.95. The van der Waals surface area contributed by atoms with Crippen LogP contribution in [0.1, 0.15) is 49.5 Å². The molecule has 2 rings (SSSR count). The van der Waals surface area contributed by atoms with Gasteiger partial charge in [0, 0.05) is 6.54 Å². The van der Waals surface area contributed by atoms with Crippen molar-refractivity contribution in [2.45, 2.75) is 39.2 Å². The maximum absolute atomic E-state index is 11.8. The van der Waals surface area contributed by atoms with Gasteiger partial charge in [0.25, 0.3) is 0 Å². The van der Waals surface area contributed by atoms with Crippen LogP contribution in [0.5, 0.6) is 0 Å². The zero-order chi connectivity index (χ0) is 14.0. The molecular formula is C13H22N4O2.